The third kappa shape index (κ3) is 7.30. The smallest absolute Gasteiger partial charge is 0.222 e. The molecule has 0 N–H and O–H groups in total. The van der Waals surface area contributed by atoms with Crippen LogP contribution in [0.15, 0.2) is 18.2 Å². The van der Waals surface area contributed by atoms with Crippen LogP contribution in [0, 0.1) is 17.7 Å². The minimum atomic E-state index is -5.55. The number of aryl methyl sites for hydroxylation is 1. The molecule has 1 aromatic rings. The van der Waals surface area contributed by atoms with Gasteiger partial charge in [0.2, 0.25) is 0 Å². The van der Waals surface area contributed by atoms with Crippen molar-refractivity contribution < 1.29 is 31.1 Å². The lowest BCUT2D eigenvalue weighted by Gasteiger charge is -2.28. The molecule has 0 radical (unpaired) electrons. The van der Waals surface area contributed by atoms with Gasteiger partial charge >= 0.3 is 12.5 Å². The van der Waals surface area contributed by atoms with Gasteiger partial charge in [-0.05, 0) is 42.4 Å². The molecule has 0 aromatic heterocycles. The molecular weight excluding hydrogens is 382 g/mol. The van der Waals surface area contributed by atoms with Crippen LogP contribution in [-0.2, 0) is 17.3 Å². The molecule has 2 rings (SSSR count). The molecule has 28 heavy (non-hydrogen) atoms. The Morgan fingerprint density at radius 3 is 2.07 bits per heavy atom. The second kappa shape index (κ2) is 9.99. The Hall–Kier alpha value is -1.24. The summed E-state index contributed by atoms with van der Waals surface area (Å²) in [4.78, 5) is 0. The monoisotopic (exact) mass is 410 g/mol. The molecule has 1 nitrogen and oxygen atoms in total. The van der Waals surface area contributed by atoms with Crippen LogP contribution in [0.2, 0.25) is 0 Å². The fraction of sp³-hybridized carbons (Fsp3) is 0.714. The molecule has 1 fully saturated rings. The molecule has 0 spiro atoms. The highest BCUT2D eigenvalue weighted by Gasteiger charge is 2.47. The summed E-state index contributed by atoms with van der Waals surface area (Å²) in [6, 6.07) is 2.82. The van der Waals surface area contributed by atoms with E-state index in [1.165, 1.54) is 44.6 Å². The van der Waals surface area contributed by atoms with Crippen molar-refractivity contribution in [3.63, 3.8) is 0 Å². The van der Waals surface area contributed by atoms with Gasteiger partial charge in [-0.1, -0.05) is 64.4 Å². The molecule has 1 saturated carbocycles. The van der Waals surface area contributed by atoms with Crippen molar-refractivity contribution in [3.05, 3.63) is 35.1 Å². The van der Waals surface area contributed by atoms with Crippen molar-refractivity contribution in [1.82, 2.24) is 0 Å². The van der Waals surface area contributed by atoms with Crippen molar-refractivity contribution in [2.75, 3.05) is 0 Å². The van der Waals surface area contributed by atoms with E-state index >= 15 is 0 Å². The van der Waals surface area contributed by atoms with Gasteiger partial charge in [-0.3, -0.25) is 0 Å². The van der Waals surface area contributed by atoms with Gasteiger partial charge in [-0.2, -0.15) is 8.78 Å². The van der Waals surface area contributed by atoms with Crippen LogP contribution in [0.1, 0.15) is 75.8 Å². The van der Waals surface area contributed by atoms with Crippen LogP contribution in [0.3, 0.4) is 0 Å². The highest BCUT2D eigenvalue weighted by Crippen LogP contribution is 2.38. The predicted octanol–water partition coefficient (Wildman–Crippen LogP) is 7.73. The van der Waals surface area contributed by atoms with Crippen LogP contribution in [0.5, 0.6) is 0 Å². The molecule has 7 heteroatoms. The normalized spacial score (nSPS) is 21.1. The maximum absolute atomic E-state index is 14.0. The summed E-state index contributed by atoms with van der Waals surface area (Å²) >= 11 is 0. The maximum Gasteiger partial charge on any atom is 0.527 e. The Morgan fingerprint density at radius 1 is 0.929 bits per heavy atom. The van der Waals surface area contributed by atoms with E-state index in [-0.39, 0.29) is 0 Å². The molecule has 0 aliphatic heterocycles. The van der Waals surface area contributed by atoms with Gasteiger partial charge in [-0.25, -0.2) is 9.13 Å². The van der Waals surface area contributed by atoms with Crippen LogP contribution in [-0.4, -0.2) is 6.36 Å². The van der Waals surface area contributed by atoms with E-state index in [2.05, 4.69) is 11.7 Å². The van der Waals surface area contributed by atoms with E-state index in [1.54, 1.807) is 0 Å². The summed E-state index contributed by atoms with van der Waals surface area (Å²) in [5.74, 6) is -0.0676. The number of halogens is 6. The summed E-state index contributed by atoms with van der Waals surface area (Å²) in [5, 5.41) is 0. The topological polar surface area (TPSA) is 9.23 Å². The third-order valence-corrected chi connectivity index (χ3v) is 5.61. The average Bonchev–Trinajstić information content (AvgIpc) is 2.59. The maximum atomic E-state index is 14.0. The second-order valence-corrected chi connectivity index (χ2v) is 7.80. The standard InChI is InChI=1S/C21H28F6O/c1-2-3-4-5-15-6-8-16(9-7-15)10-11-17-12-13-18(19(22)14-17)20(23,24)28-21(25,26)27/h12-16H,2-11H2,1H3. The van der Waals surface area contributed by atoms with Gasteiger partial charge in [0.1, 0.15) is 5.82 Å². The number of ether oxygens (including phenoxy) is 1. The van der Waals surface area contributed by atoms with E-state index < -0.39 is 23.9 Å². The minimum Gasteiger partial charge on any atom is -0.222 e. The molecule has 1 aromatic carbocycles. The SMILES string of the molecule is CCCCCC1CCC(CCc2ccc(C(F)(F)OC(F)(F)F)c(F)c2)CC1. The fourth-order valence-corrected chi connectivity index (χ4v) is 4.01. The molecule has 0 amide bonds. The Morgan fingerprint density at radius 2 is 1.54 bits per heavy atom. The zero-order valence-electron chi connectivity index (χ0n) is 16.1. The lowest BCUT2D eigenvalue weighted by atomic mass is 9.78. The third-order valence-electron chi connectivity index (χ3n) is 5.61. The quantitative estimate of drug-likeness (QED) is 0.299. The molecule has 0 bridgehead atoms. The zero-order chi connectivity index (χ0) is 20.8. The van der Waals surface area contributed by atoms with Crippen molar-refractivity contribution in [1.29, 1.82) is 0 Å². The molecule has 0 atom stereocenters. The molecule has 0 unspecified atom stereocenters. The van der Waals surface area contributed by atoms with Gasteiger partial charge in [0.05, 0.1) is 5.56 Å². The predicted molar refractivity (Wildman–Crippen MR) is 95.3 cm³/mol. The zero-order valence-corrected chi connectivity index (χ0v) is 16.1. The number of unbranched alkanes of at least 4 members (excludes halogenated alkanes) is 2. The summed E-state index contributed by atoms with van der Waals surface area (Å²) < 4.78 is 79.9. The van der Waals surface area contributed by atoms with Gasteiger partial charge in [0.25, 0.3) is 0 Å². The first kappa shape index (κ1) is 23.0. The van der Waals surface area contributed by atoms with E-state index in [0.717, 1.165) is 31.2 Å². The van der Waals surface area contributed by atoms with E-state index in [9.17, 15) is 26.3 Å². The Kier molecular flexibility index (Phi) is 8.22. The number of rotatable bonds is 9. The van der Waals surface area contributed by atoms with Crippen molar-refractivity contribution in [2.24, 2.45) is 11.8 Å². The molecule has 0 saturated heterocycles. The second-order valence-electron chi connectivity index (χ2n) is 7.80. The Bertz CT molecular complexity index is 605. The van der Waals surface area contributed by atoms with Gasteiger partial charge < -0.3 is 0 Å². The van der Waals surface area contributed by atoms with Crippen LogP contribution >= 0.6 is 0 Å². The highest BCUT2D eigenvalue weighted by molar-refractivity contribution is 5.26. The van der Waals surface area contributed by atoms with E-state index in [0.29, 0.717) is 24.0 Å². The van der Waals surface area contributed by atoms with E-state index in [1.807, 2.05) is 0 Å². The number of benzene rings is 1. The van der Waals surface area contributed by atoms with E-state index in [4.69, 9.17) is 0 Å². The number of hydrogen-bond donors (Lipinski definition) is 0. The lowest BCUT2D eigenvalue weighted by molar-refractivity contribution is -0.432. The first-order valence-electron chi connectivity index (χ1n) is 10.0. The van der Waals surface area contributed by atoms with Crippen LogP contribution < -0.4 is 0 Å². The molecule has 1 aliphatic rings. The molecule has 1 aliphatic carbocycles. The Labute approximate surface area is 162 Å². The minimum absolute atomic E-state index is 0.508. The lowest BCUT2D eigenvalue weighted by Crippen LogP contribution is -2.28. The average molecular weight is 410 g/mol. The largest absolute Gasteiger partial charge is 0.527 e. The first-order chi connectivity index (χ1) is 13.1. The molecular formula is C21H28F6O. The van der Waals surface area contributed by atoms with Crippen molar-refractivity contribution in [2.45, 2.75) is 83.6 Å². The number of alkyl halides is 5. The fourth-order valence-electron chi connectivity index (χ4n) is 4.01. The van der Waals surface area contributed by atoms with Crippen LogP contribution in [0.4, 0.5) is 26.3 Å². The first-order valence-corrected chi connectivity index (χ1v) is 10.0. The van der Waals surface area contributed by atoms with Gasteiger partial charge in [0.15, 0.2) is 0 Å². The highest BCUT2D eigenvalue weighted by atomic mass is 19.4. The van der Waals surface area contributed by atoms with Crippen molar-refractivity contribution >= 4 is 0 Å². The van der Waals surface area contributed by atoms with Crippen molar-refractivity contribution in [3.8, 4) is 0 Å². The Balaban J connectivity index is 1.84. The van der Waals surface area contributed by atoms with Gasteiger partial charge in [-0.15, -0.1) is 13.2 Å². The van der Waals surface area contributed by atoms with Gasteiger partial charge in [0, 0.05) is 0 Å². The molecule has 0 heterocycles. The number of hydrogen-bond acceptors (Lipinski definition) is 1. The summed E-state index contributed by atoms with van der Waals surface area (Å²) in [5.41, 5.74) is -0.893. The summed E-state index contributed by atoms with van der Waals surface area (Å²) in [6.45, 7) is 2.19. The van der Waals surface area contributed by atoms with Crippen LogP contribution in [0.25, 0.3) is 0 Å². The summed E-state index contributed by atoms with van der Waals surface area (Å²) in [6.07, 6.45) is 0.731. The summed E-state index contributed by atoms with van der Waals surface area (Å²) in [7, 11) is 0. The molecule has 160 valence electrons.